The van der Waals surface area contributed by atoms with Crippen LogP contribution in [0.2, 0.25) is 0 Å². The lowest BCUT2D eigenvalue weighted by molar-refractivity contribution is -0.123. The van der Waals surface area contributed by atoms with Crippen LogP contribution in [-0.4, -0.2) is 24.7 Å². The SMILES string of the molecule is CCc1ccc(OCC(=O)NN=Cc2ccc(OC(=O)c3ccccc3C)cc2)cc1. The zero-order valence-corrected chi connectivity index (χ0v) is 17.5. The van der Waals surface area contributed by atoms with Crippen LogP contribution in [0.4, 0.5) is 0 Å². The van der Waals surface area contributed by atoms with Gasteiger partial charge >= 0.3 is 5.97 Å². The molecule has 0 fully saturated rings. The van der Waals surface area contributed by atoms with E-state index in [1.807, 2.05) is 43.3 Å². The summed E-state index contributed by atoms with van der Waals surface area (Å²) in [5.74, 6) is 0.291. The molecule has 0 atom stereocenters. The largest absolute Gasteiger partial charge is 0.484 e. The van der Waals surface area contributed by atoms with Gasteiger partial charge in [0.15, 0.2) is 6.61 Å². The summed E-state index contributed by atoms with van der Waals surface area (Å²) in [7, 11) is 0. The molecule has 158 valence electrons. The quantitative estimate of drug-likeness (QED) is 0.257. The number of nitrogens with one attached hydrogen (secondary N) is 1. The molecule has 0 heterocycles. The smallest absolute Gasteiger partial charge is 0.343 e. The first-order chi connectivity index (χ1) is 15.0. The molecule has 0 aliphatic carbocycles. The van der Waals surface area contributed by atoms with Crippen LogP contribution in [0.5, 0.6) is 11.5 Å². The van der Waals surface area contributed by atoms with E-state index in [1.54, 1.807) is 36.4 Å². The molecule has 1 N–H and O–H groups in total. The highest BCUT2D eigenvalue weighted by Gasteiger charge is 2.10. The van der Waals surface area contributed by atoms with E-state index in [0.29, 0.717) is 17.1 Å². The fraction of sp³-hybridized carbons (Fsp3) is 0.160. The Balaban J connectivity index is 1.46. The highest BCUT2D eigenvalue weighted by Crippen LogP contribution is 2.15. The Morgan fingerprint density at radius 1 is 0.935 bits per heavy atom. The number of amides is 1. The predicted octanol–water partition coefficient (Wildman–Crippen LogP) is 4.31. The molecular weight excluding hydrogens is 392 g/mol. The van der Waals surface area contributed by atoms with Crippen LogP contribution >= 0.6 is 0 Å². The first kappa shape index (κ1) is 21.8. The third-order valence-electron chi connectivity index (χ3n) is 4.56. The number of rotatable bonds is 8. The molecule has 6 nitrogen and oxygen atoms in total. The van der Waals surface area contributed by atoms with Crippen LogP contribution in [0, 0.1) is 6.92 Å². The molecule has 0 saturated heterocycles. The van der Waals surface area contributed by atoms with Crippen molar-refractivity contribution in [2.75, 3.05) is 6.61 Å². The van der Waals surface area contributed by atoms with Crippen molar-refractivity contribution in [3.63, 3.8) is 0 Å². The van der Waals surface area contributed by atoms with Crippen LogP contribution < -0.4 is 14.9 Å². The molecule has 31 heavy (non-hydrogen) atoms. The number of carbonyl (C=O) groups is 2. The minimum atomic E-state index is -0.406. The molecule has 1 amide bonds. The summed E-state index contributed by atoms with van der Waals surface area (Å²) >= 11 is 0. The summed E-state index contributed by atoms with van der Waals surface area (Å²) in [5, 5.41) is 3.92. The Bertz CT molecular complexity index is 1060. The van der Waals surface area contributed by atoms with Gasteiger partial charge in [0.25, 0.3) is 5.91 Å². The number of hydrazone groups is 1. The van der Waals surface area contributed by atoms with Crippen LogP contribution in [-0.2, 0) is 11.2 Å². The number of aryl methyl sites for hydroxylation is 2. The van der Waals surface area contributed by atoms with E-state index in [2.05, 4.69) is 17.5 Å². The van der Waals surface area contributed by atoms with Gasteiger partial charge in [-0.2, -0.15) is 5.10 Å². The van der Waals surface area contributed by atoms with Crippen molar-refractivity contribution >= 4 is 18.1 Å². The molecule has 0 bridgehead atoms. The number of nitrogens with zero attached hydrogens (tertiary/aromatic N) is 1. The highest BCUT2D eigenvalue weighted by atomic mass is 16.5. The second-order valence-corrected chi connectivity index (χ2v) is 6.85. The van der Waals surface area contributed by atoms with Gasteiger partial charge in [0.1, 0.15) is 11.5 Å². The molecule has 3 aromatic rings. The first-order valence-corrected chi connectivity index (χ1v) is 9.96. The van der Waals surface area contributed by atoms with E-state index >= 15 is 0 Å². The fourth-order valence-corrected chi connectivity index (χ4v) is 2.77. The van der Waals surface area contributed by atoms with Crippen molar-refractivity contribution < 1.29 is 19.1 Å². The topological polar surface area (TPSA) is 77.0 Å². The summed E-state index contributed by atoms with van der Waals surface area (Å²) < 4.78 is 10.8. The van der Waals surface area contributed by atoms with Gasteiger partial charge in [-0.15, -0.1) is 0 Å². The summed E-state index contributed by atoms with van der Waals surface area (Å²) in [6, 6.07) is 21.7. The molecule has 0 radical (unpaired) electrons. The average molecular weight is 416 g/mol. The second-order valence-electron chi connectivity index (χ2n) is 6.85. The van der Waals surface area contributed by atoms with Crippen LogP contribution in [0.1, 0.15) is 34.0 Å². The molecule has 0 aliphatic rings. The van der Waals surface area contributed by atoms with E-state index in [-0.39, 0.29) is 12.5 Å². The average Bonchev–Trinajstić information content (AvgIpc) is 2.79. The predicted molar refractivity (Wildman–Crippen MR) is 120 cm³/mol. The van der Waals surface area contributed by atoms with E-state index in [4.69, 9.17) is 9.47 Å². The Labute approximate surface area is 181 Å². The lowest BCUT2D eigenvalue weighted by Gasteiger charge is -2.07. The number of hydrogen-bond acceptors (Lipinski definition) is 5. The molecule has 3 aromatic carbocycles. The van der Waals surface area contributed by atoms with E-state index in [1.165, 1.54) is 11.8 Å². The van der Waals surface area contributed by atoms with Gasteiger partial charge in [0, 0.05) is 0 Å². The molecule has 0 spiro atoms. The van der Waals surface area contributed by atoms with Gasteiger partial charge in [-0.3, -0.25) is 4.79 Å². The minimum absolute atomic E-state index is 0.128. The van der Waals surface area contributed by atoms with Crippen molar-refractivity contribution in [3.8, 4) is 11.5 Å². The summed E-state index contributed by atoms with van der Waals surface area (Å²) in [5.41, 5.74) is 5.75. The Kier molecular flexibility index (Phi) is 7.54. The summed E-state index contributed by atoms with van der Waals surface area (Å²) in [6.45, 7) is 3.81. The zero-order chi connectivity index (χ0) is 22.1. The monoisotopic (exact) mass is 416 g/mol. The van der Waals surface area contributed by atoms with Gasteiger partial charge in [0.05, 0.1) is 11.8 Å². The number of benzene rings is 3. The van der Waals surface area contributed by atoms with Crippen LogP contribution in [0.15, 0.2) is 77.9 Å². The first-order valence-electron chi connectivity index (χ1n) is 9.96. The van der Waals surface area contributed by atoms with Crippen LogP contribution in [0.3, 0.4) is 0 Å². The summed E-state index contributed by atoms with van der Waals surface area (Å²) in [4.78, 5) is 24.1. The van der Waals surface area contributed by atoms with Crippen molar-refractivity contribution in [2.45, 2.75) is 20.3 Å². The van der Waals surface area contributed by atoms with Gasteiger partial charge in [-0.05, 0) is 72.5 Å². The third-order valence-corrected chi connectivity index (χ3v) is 4.56. The third kappa shape index (κ3) is 6.54. The standard InChI is InChI=1S/C25H24N2O4/c1-3-19-8-12-21(13-9-19)30-17-24(28)27-26-16-20-10-14-22(15-11-20)31-25(29)23-7-5-4-6-18(23)2/h4-16H,3,17H2,1-2H3,(H,27,28). The number of carbonyl (C=O) groups excluding carboxylic acids is 2. The molecular formula is C25H24N2O4. The summed E-state index contributed by atoms with van der Waals surface area (Å²) in [6.07, 6.45) is 2.45. The van der Waals surface area contributed by atoms with E-state index in [0.717, 1.165) is 17.5 Å². The maximum atomic E-state index is 12.3. The van der Waals surface area contributed by atoms with Gasteiger partial charge < -0.3 is 9.47 Å². The molecule has 0 unspecified atom stereocenters. The fourth-order valence-electron chi connectivity index (χ4n) is 2.77. The normalized spacial score (nSPS) is 10.6. The van der Waals surface area contributed by atoms with E-state index < -0.39 is 5.97 Å². The molecule has 0 saturated carbocycles. The lowest BCUT2D eigenvalue weighted by Crippen LogP contribution is -2.24. The van der Waals surface area contributed by atoms with Gasteiger partial charge in [-0.25, -0.2) is 10.2 Å². The van der Waals surface area contributed by atoms with E-state index in [9.17, 15) is 9.59 Å². The Morgan fingerprint density at radius 2 is 1.61 bits per heavy atom. The number of esters is 1. The Morgan fingerprint density at radius 3 is 2.29 bits per heavy atom. The minimum Gasteiger partial charge on any atom is -0.484 e. The van der Waals surface area contributed by atoms with Crippen molar-refractivity contribution in [1.29, 1.82) is 0 Å². The molecule has 3 rings (SSSR count). The van der Waals surface area contributed by atoms with Crippen LogP contribution in [0.25, 0.3) is 0 Å². The molecule has 6 heteroatoms. The molecule has 0 aliphatic heterocycles. The maximum absolute atomic E-state index is 12.3. The molecule has 0 aromatic heterocycles. The van der Waals surface area contributed by atoms with Gasteiger partial charge in [-0.1, -0.05) is 37.3 Å². The number of ether oxygens (including phenoxy) is 2. The highest BCUT2D eigenvalue weighted by molar-refractivity contribution is 5.92. The van der Waals surface area contributed by atoms with Crippen molar-refractivity contribution in [2.24, 2.45) is 5.10 Å². The maximum Gasteiger partial charge on any atom is 0.343 e. The van der Waals surface area contributed by atoms with Crippen molar-refractivity contribution in [1.82, 2.24) is 5.43 Å². The Hall–Kier alpha value is -3.93. The number of hydrogen-bond donors (Lipinski definition) is 1. The second kappa shape index (κ2) is 10.7. The van der Waals surface area contributed by atoms with Gasteiger partial charge in [0.2, 0.25) is 0 Å². The lowest BCUT2D eigenvalue weighted by atomic mass is 10.1. The zero-order valence-electron chi connectivity index (χ0n) is 17.5. The van der Waals surface area contributed by atoms with Crippen molar-refractivity contribution in [3.05, 3.63) is 95.1 Å².